The van der Waals surface area contributed by atoms with Gasteiger partial charge in [-0.1, -0.05) is 24.3 Å². The normalized spacial score (nSPS) is 11.2. The average Bonchev–Trinajstić information content (AvgIpc) is 2.18. The molecule has 0 aliphatic carbocycles. The Morgan fingerprint density at radius 3 is 2.40 bits per heavy atom. The molecule has 15 heavy (non-hydrogen) atoms. The van der Waals surface area contributed by atoms with Gasteiger partial charge in [-0.3, -0.25) is 10.2 Å². The fourth-order valence-corrected chi connectivity index (χ4v) is 1.67. The van der Waals surface area contributed by atoms with Crippen molar-refractivity contribution in [1.29, 1.82) is 0 Å². The van der Waals surface area contributed by atoms with Crippen LogP contribution in [0.5, 0.6) is 0 Å². The van der Waals surface area contributed by atoms with E-state index in [1.807, 2.05) is 45.0 Å². The zero-order chi connectivity index (χ0) is 11.5. The summed E-state index contributed by atoms with van der Waals surface area (Å²) in [5.74, 6) is -0.0284. The van der Waals surface area contributed by atoms with Gasteiger partial charge >= 0.3 is 0 Å². The van der Waals surface area contributed by atoms with Crippen molar-refractivity contribution in [2.45, 2.75) is 26.2 Å². The Morgan fingerprint density at radius 1 is 1.27 bits per heavy atom. The van der Waals surface area contributed by atoms with E-state index in [-0.39, 0.29) is 5.91 Å². The molecule has 3 heteroatoms. The van der Waals surface area contributed by atoms with Crippen molar-refractivity contribution in [1.82, 2.24) is 10.9 Å². The van der Waals surface area contributed by atoms with E-state index in [0.29, 0.717) is 0 Å². The van der Waals surface area contributed by atoms with E-state index in [4.69, 9.17) is 0 Å². The van der Waals surface area contributed by atoms with E-state index in [2.05, 4.69) is 10.9 Å². The summed E-state index contributed by atoms with van der Waals surface area (Å²) in [6.45, 7) is 5.85. The summed E-state index contributed by atoms with van der Waals surface area (Å²) in [5.41, 5.74) is 6.95. The van der Waals surface area contributed by atoms with Gasteiger partial charge < -0.3 is 0 Å². The van der Waals surface area contributed by atoms with Gasteiger partial charge in [0.15, 0.2) is 0 Å². The lowest BCUT2D eigenvalue weighted by Gasteiger charge is -2.25. The number of carbonyl (C=O) groups excluding carboxylic acids is 1. The molecule has 0 aliphatic rings. The quantitative estimate of drug-likeness (QED) is 0.736. The van der Waals surface area contributed by atoms with Crippen LogP contribution in [-0.2, 0) is 10.2 Å². The van der Waals surface area contributed by atoms with E-state index >= 15 is 0 Å². The maximum atomic E-state index is 11.8. The minimum atomic E-state index is -0.519. The first-order valence-corrected chi connectivity index (χ1v) is 5.03. The lowest BCUT2D eigenvalue weighted by Crippen LogP contribution is -2.45. The highest BCUT2D eigenvalue weighted by atomic mass is 16.2. The van der Waals surface area contributed by atoms with Crippen molar-refractivity contribution in [3.05, 3.63) is 35.4 Å². The number of hydrogen-bond acceptors (Lipinski definition) is 2. The SMILES string of the molecule is CNNC(=O)C(C)(C)c1ccccc1C. The summed E-state index contributed by atoms with van der Waals surface area (Å²) in [6, 6.07) is 7.94. The van der Waals surface area contributed by atoms with Crippen LogP contribution in [-0.4, -0.2) is 13.0 Å². The van der Waals surface area contributed by atoms with Gasteiger partial charge in [0.25, 0.3) is 0 Å². The third-order valence-corrected chi connectivity index (χ3v) is 2.62. The van der Waals surface area contributed by atoms with Gasteiger partial charge in [-0.15, -0.1) is 0 Å². The van der Waals surface area contributed by atoms with Crippen LogP contribution < -0.4 is 10.9 Å². The van der Waals surface area contributed by atoms with E-state index in [1.54, 1.807) is 7.05 Å². The summed E-state index contributed by atoms with van der Waals surface area (Å²) in [5, 5.41) is 0. The third-order valence-electron chi connectivity index (χ3n) is 2.62. The molecular weight excluding hydrogens is 188 g/mol. The predicted molar refractivity (Wildman–Crippen MR) is 61.4 cm³/mol. The highest BCUT2D eigenvalue weighted by Gasteiger charge is 2.30. The number of benzene rings is 1. The molecule has 1 aromatic carbocycles. The van der Waals surface area contributed by atoms with Crippen molar-refractivity contribution < 1.29 is 4.79 Å². The molecule has 0 atom stereocenters. The van der Waals surface area contributed by atoms with Crippen molar-refractivity contribution >= 4 is 5.91 Å². The summed E-state index contributed by atoms with van der Waals surface area (Å²) in [4.78, 5) is 11.8. The molecule has 0 heterocycles. The van der Waals surface area contributed by atoms with E-state index in [1.165, 1.54) is 0 Å². The zero-order valence-electron chi connectivity index (χ0n) is 9.72. The first kappa shape index (κ1) is 11.7. The van der Waals surface area contributed by atoms with Gasteiger partial charge in [-0.2, -0.15) is 0 Å². The van der Waals surface area contributed by atoms with Gasteiger partial charge in [0.05, 0.1) is 5.41 Å². The van der Waals surface area contributed by atoms with Crippen molar-refractivity contribution in [2.75, 3.05) is 7.05 Å². The molecular formula is C12H18N2O. The molecule has 0 fully saturated rings. The van der Waals surface area contributed by atoms with Crippen LogP contribution in [0.25, 0.3) is 0 Å². The highest BCUT2D eigenvalue weighted by Crippen LogP contribution is 2.25. The number of hydrogen-bond donors (Lipinski definition) is 2. The molecule has 0 saturated carbocycles. The summed E-state index contributed by atoms with van der Waals surface area (Å²) >= 11 is 0. The van der Waals surface area contributed by atoms with E-state index in [9.17, 15) is 4.79 Å². The highest BCUT2D eigenvalue weighted by molar-refractivity contribution is 5.87. The van der Waals surface area contributed by atoms with Crippen molar-refractivity contribution in [2.24, 2.45) is 0 Å². The molecule has 1 amide bonds. The minimum absolute atomic E-state index is 0.0284. The zero-order valence-corrected chi connectivity index (χ0v) is 9.72. The second-order valence-corrected chi connectivity index (χ2v) is 4.14. The molecule has 1 rings (SSSR count). The second-order valence-electron chi connectivity index (χ2n) is 4.14. The molecule has 1 aromatic rings. The molecule has 2 N–H and O–H groups in total. The largest absolute Gasteiger partial charge is 0.291 e. The Labute approximate surface area is 90.9 Å². The first-order valence-electron chi connectivity index (χ1n) is 5.03. The van der Waals surface area contributed by atoms with Gasteiger partial charge in [-0.25, -0.2) is 5.43 Å². The molecule has 0 aliphatic heterocycles. The monoisotopic (exact) mass is 206 g/mol. The average molecular weight is 206 g/mol. The number of nitrogens with one attached hydrogen (secondary N) is 2. The number of aryl methyl sites for hydroxylation is 1. The molecule has 0 saturated heterocycles. The van der Waals surface area contributed by atoms with E-state index < -0.39 is 5.41 Å². The Hall–Kier alpha value is -1.35. The lowest BCUT2D eigenvalue weighted by atomic mass is 9.81. The molecule has 0 unspecified atom stereocenters. The number of rotatable bonds is 3. The second kappa shape index (κ2) is 4.45. The molecule has 82 valence electrons. The Bertz CT molecular complexity index is 358. The van der Waals surface area contributed by atoms with Gasteiger partial charge in [0.1, 0.15) is 0 Å². The third kappa shape index (κ3) is 2.36. The summed E-state index contributed by atoms with van der Waals surface area (Å²) in [7, 11) is 1.69. The number of hydrazine groups is 1. The van der Waals surface area contributed by atoms with E-state index in [0.717, 1.165) is 11.1 Å². The van der Waals surface area contributed by atoms with Crippen LogP contribution >= 0.6 is 0 Å². The maximum Gasteiger partial charge on any atom is 0.244 e. The summed E-state index contributed by atoms with van der Waals surface area (Å²) in [6.07, 6.45) is 0. The van der Waals surface area contributed by atoms with Crippen LogP contribution in [0.2, 0.25) is 0 Å². The van der Waals surface area contributed by atoms with Crippen LogP contribution in [0.15, 0.2) is 24.3 Å². The van der Waals surface area contributed by atoms with Gasteiger partial charge in [0, 0.05) is 7.05 Å². The smallest absolute Gasteiger partial charge is 0.244 e. The minimum Gasteiger partial charge on any atom is -0.291 e. The fraction of sp³-hybridized carbons (Fsp3) is 0.417. The van der Waals surface area contributed by atoms with Crippen LogP contribution in [0, 0.1) is 6.92 Å². The Morgan fingerprint density at radius 2 is 1.87 bits per heavy atom. The van der Waals surface area contributed by atoms with Crippen LogP contribution in [0.3, 0.4) is 0 Å². The standard InChI is InChI=1S/C12H18N2O/c1-9-7-5-6-8-10(9)12(2,3)11(15)14-13-4/h5-8,13H,1-4H3,(H,14,15). The topological polar surface area (TPSA) is 41.1 Å². The predicted octanol–water partition coefficient (Wildman–Crippen LogP) is 1.52. The number of amides is 1. The van der Waals surface area contributed by atoms with Crippen LogP contribution in [0.4, 0.5) is 0 Å². The first-order chi connectivity index (χ1) is 7.00. The number of carbonyl (C=O) groups is 1. The molecule has 3 nitrogen and oxygen atoms in total. The Balaban J connectivity index is 3.05. The van der Waals surface area contributed by atoms with Gasteiger partial charge in [0.2, 0.25) is 5.91 Å². The molecule has 0 spiro atoms. The van der Waals surface area contributed by atoms with Crippen LogP contribution in [0.1, 0.15) is 25.0 Å². The van der Waals surface area contributed by atoms with Crippen molar-refractivity contribution in [3.63, 3.8) is 0 Å². The fourth-order valence-electron chi connectivity index (χ4n) is 1.67. The molecule has 0 bridgehead atoms. The lowest BCUT2D eigenvalue weighted by molar-refractivity contribution is -0.126. The summed E-state index contributed by atoms with van der Waals surface area (Å²) < 4.78 is 0. The Kier molecular flexibility index (Phi) is 3.48. The molecule has 0 aromatic heterocycles. The van der Waals surface area contributed by atoms with Gasteiger partial charge in [-0.05, 0) is 31.9 Å². The molecule has 0 radical (unpaired) electrons. The van der Waals surface area contributed by atoms with Crippen molar-refractivity contribution in [3.8, 4) is 0 Å². The maximum absolute atomic E-state index is 11.8.